The zero-order chi connectivity index (χ0) is 13.3. The van der Waals surface area contributed by atoms with E-state index in [4.69, 9.17) is 21.6 Å². The van der Waals surface area contributed by atoms with Gasteiger partial charge in [0.1, 0.15) is 5.15 Å². The Morgan fingerprint density at radius 1 is 1.67 bits per heavy atom. The van der Waals surface area contributed by atoms with Crippen LogP contribution in [0.15, 0.2) is 11.4 Å². The lowest BCUT2D eigenvalue weighted by molar-refractivity contribution is 0.0310. The average molecular weight is 291 g/mol. The van der Waals surface area contributed by atoms with Gasteiger partial charge >= 0.3 is 0 Å². The molecule has 1 aromatic rings. The van der Waals surface area contributed by atoms with E-state index in [1.165, 1.54) is 15.2 Å². The van der Waals surface area contributed by atoms with Crippen LogP contribution in [-0.2, 0) is 21.8 Å². The minimum Gasteiger partial charge on any atom is -0.361 e. The summed E-state index contributed by atoms with van der Waals surface area (Å²) in [5.41, 5.74) is 0. The van der Waals surface area contributed by atoms with Crippen molar-refractivity contribution < 1.29 is 13.2 Å². The van der Waals surface area contributed by atoms with Crippen LogP contribution in [-0.4, -0.2) is 48.1 Å². The van der Waals surface area contributed by atoms with Crippen molar-refractivity contribution in [2.24, 2.45) is 7.05 Å². The molecule has 0 aliphatic carbocycles. The Kier molecular flexibility index (Phi) is 3.59. The van der Waals surface area contributed by atoms with Gasteiger partial charge in [0.25, 0.3) is 10.0 Å². The highest BCUT2D eigenvalue weighted by Crippen LogP contribution is 2.23. The molecule has 0 amide bonds. The van der Waals surface area contributed by atoms with Crippen molar-refractivity contribution in [3.8, 4) is 6.07 Å². The number of morpholine rings is 1. The molecule has 1 atom stereocenters. The summed E-state index contributed by atoms with van der Waals surface area (Å²) >= 11 is 5.88. The number of imidazole rings is 1. The number of halogens is 1. The Labute approximate surface area is 110 Å². The van der Waals surface area contributed by atoms with Crippen LogP contribution < -0.4 is 0 Å². The zero-order valence-electron chi connectivity index (χ0n) is 9.58. The fourth-order valence-electron chi connectivity index (χ4n) is 1.61. The van der Waals surface area contributed by atoms with Crippen molar-refractivity contribution in [1.82, 2.24) is 13.9 Å². The first-order valence-electron chi connectivity index (χ1n) is 5.15. The number of aryl methyl sites for hydroxylation is 1. The second-order valence-corrected chi connectivity index (χ2v) is 6.01. The van der Waals surface area contributed by atoms with Gasteiger partial charge in [0.15, 0.2) is 6.10 Å². The third-order valence-corrected chi connectivity index (χ3v) is 4.95. The van der Waals surface area contributed by atoms with Crippen molar-refractivity contribution in [3.05, 3.63) is 11.5 Å². The van der Waals surface area contributed by atoms with Crippen LogP contribution in [0.3, 0.4) is 0 Å². The number of nitrogens with zero attached hydrogens (tertiary/aromatic N) is 4. The molecule has 18 heavy (non-hydrogen) atoms. The Morgan fingerprint density at radius 2 is 2.39 bits per heavy atom. The van der Waals surface area contributed by atoms with Crippen molar-refractivity contribution in [2.75, 3.05) is 19.7 Å². The molecule has 1 aliphatic heterocycles. The predicted octanol–water partition coefficient (Wildman–Crippen LogP) is -0.0134. The lowest BCUT2D eigenvalue weighted by atomic mass is 10.3. The Morgan fingerprint density at radius 3 is 2.94 bits per heavy atom. The molecular weight excluding hydrogens is 280 g/mol. The summed E-state index contributed by atoms with van der Waals surface area (Å²) in [5.74, 6) is 0. The summed E-state index contributed by atoms with van der Waals surface area (Å²) in [6, 6.07) is 1.89. The molecule has 2 heterocycles. The van der Waals surface area contributed by atoms with Crippen LogP contribution >= 0.6 is 11.6 Å². The van der Waals surface area contributed by atoms with E-state index >= 15 is 0 Å². The Bertz CT molecular complexity index is 591. The molecule has 1 fully saturated rings. The van der Waals surface area contributed by atoms with Crippen LogP contribution in [0.1, 0.15) is 0 Å². The third kappa shape index (κ3) is 2.22. The van der Waals surface area contributed by atoms with E-state index in [1.54, 1.807) is 7.05 Å². The molecule has 0 N–H and O–H groups in total. The van der Waals surface area contributed by atoms with Crippen molar-refractivity contribution >= 4 is 21.6 Å². The molecule has 0 saturated carbocycles. The molecule has 0 spiro atoms. The number of rotatable bonds is 2. The summed E-state index contributed by atoms with van der Waals surface area (Å²) in [5, 5.41) is 8.62. The molecule has 0 radical (unpaired) electrons. The maximum Gasteiger partial charge on any atom is 0.263 e. The largest absolute Gasteiger partial charge is 0.361 e. The molecule has 1 aromatic heterocycles. The third-order valence-electron chi connectivity index (χ3n) is 2.59. The van der Waals surface area contributed by atoms with Crippen molar-refractivity contribution in [3.63, 3.8) is 0 Å². The first-order valence-corrected chi connectivity index (χ1v) is 6.97. The summed E-state index contributed by atoms with van der Waals surface area (Å²) in [6.07, 6.45) is 0.577. The summed E-state index contributed by atoms with van der Waals surface area (Å²) in [6.45, 7) is 0.362. The average Bonchev–Trinajstić information content (AvgIpc) is 2.70. The first-order chi connectivity index (χ1) is 8.46. The number of hydrogen-bond acceptors (Lipinski definition) is 5. The van der Waals surface area contributed by atoms with Crippen LogP contribution in [0.25, 0.3) is 0 Å². The minimum absolute atomic E-state index is 0.00820. The van der Waals surface area contributed by atoms with Crippen LogP contribution in [0.5, 0.6) is 0 Å². The van der Waals surface area contributed by atoms with E-state index in [0.717, 1.165) is 0 Å². The van der Waals surface area contributed by atoms with E-state index in [-0.39, 0.29) is 29.9 Å². The second kappa shape index (κ2) is 4.85. The van der Waals surface area contributed by atoms with Crippen LogP contribution in [0.2, 0.25) is 5.15 Å². The quantitative estimate of drug-likeness (QED) is 0.764. The fraction of sp³-hybridized carbons (Fsp3) is 0.556. The maximum absolute atomic E-state index is 12.3. The van der Waals surface area contributed by atoms with Gasteiger partial charge in [0, 0.05) is 13.6 Å². The fourth-order valence-corrected chi connectivity index (χ4v) is 3.42. The molecule has 98 valence electrons. The van der Waals surface area contributed by atoms with E-state index in [1.807, 2.05) is 6.07 Å². The molecule has 0 aromatic carbocycles. The maximum atomic E-state index is 12.3. The van der Waals surface area contributed by atoms with Gasteiger partial charge in [-0.05, 0) is 0 Å². The lowest BCUT2D eigenvalue weighted by Gasteiger charge is -2.28. The molecule has 1 unspecified atom stereocenters. The number of hydrogen-bond donors (Lipinski definition) is 0. The molecule has 2 rings (SSSR count). The number of nitriles is 1. The van der Waals surface area contributed by atoms with Gasteiger partial charge in [0.2, 0.25) is 5.03 Å². The highest BCUT2D eigenvalue weighted by Gasteiger charge is 2.34. The topological polar surface area (TPSA) is 88.2 Å². The molecule has 9 heteroatoms. The van der Waals surface area contributed by atoms with E-state index in [2.05, 4.69) is 4.98 Å². The van der Waals surface area contributed by atoms with Crippen molar-refractivity contribution in [1.29, 1.82) is 5.26 Å². The van der Waals surface area contributed by atoms with Gasteiger partial charge in [0.05, 0.1) is 25.5 Å². The molecular formula is C9H11ClN4O3S. The minimum atomic E-state index is -3.78. The highest BCUT2D eigenvalue weighted by molar-refractivity contribution is 7.89. The van der Waals surface area contributed by atoms with Gasteiger partial charge in [-0.25, -0.2) is 13.4 Å². The van der Waals surface area contributed by atoms with Crippen molar-refractivity contribution in [2.45, 2.75) is 11.1 Å². The van der Waals surface area contributed by atoms with Gasteiger partial charge in [-0.1, -0.05) is 11.6 Å². The molecule has 0 bridgehead atoms. The molecule has 1 saturated heterocycles. The lowest BCUT2D eigenvalue weighted by Crippen LogP contribution is -2.45. The van der Waals surface area contributed by atoms with Crippen LogP contribution in [0, 0.1) is 11.3 Å². The van der Waals surface area contributed by atoms with Gasteiger partial charge in [-0.15, -0.1) is 0 Å². The predicted molar refractivity (Wildman–Crippen MR) is 62.3 cm³/mol. The standard InChI is InChI=1S/C9H11ClN4O3S/c1-13-6-12-9(8(13)10)18(15,16)14-2-3-17-7(4-11)5-14/h6-7H,2-3,5H2,1H3. The van der Waals surface area contributed by atoms with Gasteiger partial charge in [-0.2, -0.15) is 9.57 Å². The summed E-state index contributed by atoms with van der Waals surface area (Å²) in [7, 11) is -2.17. The summed E-state index contributed by atoms with van der Waals surface area (Å²) in [4.78, 5) is 3.79. The SMILES string of the molecule is Cn1cnc(S(=O)(=O)N2CCOC(C#N)C2)c1Cl. The first kappa shape index (κ1) is 13.3. The zero-order valence-corrected chi connectivity index (χ0v) is 11.1. The van der Waals surface area contributed by atoms with E-state index in [9.17, 15) is 8.42 Å². The molecule has 7 nitrogen and oxygen atoms in total. The Hall–Kier alpha value is -1.14. The number of sulfonamides is 1. The van der Waals surface area contributed by atoms with E-state index < -0.39 is 16.1 Å². The van der Waals surface area contributed by atoms with Gasteiger partial charge < -0.3 is 9.30 Å². The van der Waals surface area contributed by atoms with Crippen LogP contribution in [0.4, 0.5) is 0 Å². The number of aromatic nitrogens is 2. The highest BCUT2D eigenvalue weighted by atomic mass is 35.5. The molecule has 1 aliphatic rings. The summed E-state index contributed by atoms with van der Waals surface area (Å²) < 4.78 is 32.2. The van der Waals surface area contributed by atoms with Gasteiger partial charge in [-0.3, -0.25) is 0 Å². The Balaban J connectivity index is 2.32. The normalized spacial score (nSPS) is 21.7. The smallest absolute Gasteiger partial charge is 0.263 e. The number of ether oxygens (including phenoxy) is 1. The monoisotopic (exact) mass is 290 g/mol. The second-order valence-electron chi connectivity index (χ2n) is 3.80. The van der Waals surface area contributed by atoms with E-state index in [0.29, 0.717) is 0 Å².